The lowest BCUT2D eigenvalue weighted by atomic mass is 10.0. The molecule has 1 amide bonds. The normalized spacial score (nSPS) is 16.0. The summed E-state index contributed by atoms with van der Waals surface area (Å²) in [5.41, 5.74) is 2.98. The monoisotopic (exact) mass is 402 g/mol. The zero-order chi connectivity index (χ0) is 19.0. The van der Waals surface area contributed by atoms with Gasteiger partial charge in [0.2, 0.25) is 11.9 Å². The van der Waals surface area contributed by atoms with Crippen molar-refractivity contribution in [1.29, 1.82) is 0 Å². The second-order valence-electron chi connectivity index (χ2n) is 6.38. The Morgan fingerprint density at radius 3 is 2.63 bits per heavy atom. The summed E-state index contributed by atoms with van der Waals surface area (Å²) < 4.78 is 7.48. The van der Waals surface area contributed by atoms with Gasteiger partial charge in [0.25, 0.3) is 0 Å². The molecule has 27 heavy (non-hydrogen) atoms. The van der Waals surface area contributed by atoms with Gasteiger partial charge in [0.15, 0.2) is 5.75 Å². The second kappa shape index (κ2) is 7.21. The van der Waals surface area contributed by atoms with Crippen LogP contribution in [0, 0.1) is 6.92 Å². The van der Waals surface area contributed by atoms with E-state index in [-0.39, 0.29) is 18.4 Å². The molecular formula is C19H16Cl2N4O2. The van der Waals surface area contributed by atoms with Crippen LogP contribution in [-0.2, 0) is 11.4 Å². The standard InChI is InChI=1S/C19H16Cl2N4O2/c1-11-2-4-12(5-3-11)9-27-18-14(20)6-13(7-15(18)21)16-8-17(26)24-19-22-10-23-25(16)19/h2-7,10,16H,8-9H2,1H3,(H,22,23,24,26)/t16-/m0/s1. The highest BCUT2D eigenvalue weighted by atomic mass is 35.5. The first kappa shape index (κ1) is 17.8. The number of ether oxygens (including phenoxy) is 1. The Bertz CT molecular complexity index is 978. The number of aryl methyl sites for hydroxylation is 1. The Morgan fingerprint density at radius 1 is 1.22 bits per heavy atom. The van der Waals surface area contributed by atoms with E-state index in [0.29, 0.717) is 28.3 Å². The maximum absolute atomic E-state index is 11.9. The molecule has 1 aliphatic heterocycles. The summed E-state index contributed by atoms with van der Waals surface area (Å²) in [6, 6.07) is 11.2. The van der Waals surface area contributed by atoms with Crippen molar-refractivity contribution >= 4 is 35.1 Å². The lowest BCUT2D eigenvalue weighted by Gasteiger charge is -2.24. The zero-order valence-corrected chi connectivity index (χ0v) is 16.0. The average molecular weight is 403 g/mol. The van der Waals surface area contributed by atoms with E-state index >= 15 is 0 Å². The van der Waals surface area contributed by atoms with Gasteiger partial charge in [-0.2, -0.15) is 10.1 Å². The Balaban J connectivity index is 1.59. The van der Waals surface area contributed by atoms with Gasteiger partial charge < -0.3 is 4.74 Å². The maximum atomic E-state index is 11.9. The molecule has 138 valence electrons. The lowest BCUT2D eigenvalue weighted by molar-refractivity contribution is -0.117. The van der Waals surface area contributed by atoms with Crippen LogP contribution in [-0.4, -0.2) is 20.7 Å². The largest absolute Gasteiger partial charge is 0.486 e. The molecule has 2 aromatic carbocycles. The number of amides is 1. The number of benzene rings is 2. The summed E-state index contributed by atoms with van der Waals surface area (Å²) in [6.45, 7) is 2.39. The summed E-state index contributed by atoms with van der Waals surface area (Å²) in [6.07, 6.45) is 1.63. The van der Waals surface area contributed by atoms with Gasteiger partial charge in [-0.1, -0.05) is 53.0 Å². The van der Waals surface area contributed by atoms with Crippen LogP contribution in [0.25, 0.3) is 0 Å². The highest BCUT2D eigenvalue weighted by molar-refractivity contribution is 6.37. The summed E-state index contributed by atoms with van der Waals surface area (Å²) in [7, 11) is 0. The van der Waals surface area contributed by atoms with E-state index in [1.807, 2.05) is 31.2 Å². The topological polar surface area (TPSA) is 69.0 Å². The van der Waals surface area contributed by atoms with Crippen molar-refractivity contribution in [2.24, 2.45) is 0 Å². The summed E-state index contributed by atoms with van der Waals surface area (Å²) in [5.74, 6) is 0.692. The number of rotatable bonds is 4. The number of anilines is 1. The fourth-order valence-corrected chi connectivity index (χ4v) is 3.63. The Hall–Kier alpha value is -2.57. The molecule has 0 spiro atoms. The van der Waals surface area contributed by atoms with Gasteiger partial charge in [-0.3, -0.25) is 10.1 Å². The van der Waals surface area contributed by atoms with Crippen LogP contribution >= 0.6 is 23.2 Å². The van der Waals surface area contributed by atoms with E-state index in [2.05, 4.69) is 15.4 Å². The van der Waals surface area contributed by atoms with E-state index in [1.54, 1.807) is 16.8 Å². The number of nitrogens with one attached hydrogen (secondary N) is 1. The highest BCUT2D eigenvalue weighted by Gasteiger charge is 2.28. The molecule has 0 fully saturated rings. The Labute approximate surface area is 166 Å². The molecule has 8 heteroatoms. The molecule has 0 saturated carbocycles. The van der Waals surface area contributed by atoms with Gasteiger partial charge in [-0.05, 0) is 30.2 Å². The lowest BCUT2D eigenvalue weighted by Crippen LogP contribution is -2.29. The third-order valence-corrected chi connectivity index (χ3v) is 4.97. The Kier molecular flexibility index (Phi) is 4.76. The Morgan fingerprint density at radius 2 is 1.93 bits per heavy atom. The van der Waals surface area contributed by atoms with Crippen molar-refractivity contribution in [3.63, 3.8) is 0 Å². The van der Waals surface area contributed by atoms with Crippen molar-refractivity contribution in [3.05, 3.63) is 69.5 Å². The number of nitrogens with zero attached hydrogens (tertiary/aromatic N) is 3. The van der Waals surface area contributed by atoms with Gasteiger partial charge in [-0.15, -0.1) is 0 Å². The van der Waals surface area contributed by atoms with E-state index in [4.69, 9.17) is 27.9 Å². The third kappa shape index (κ3) is 3.63. The molecule has 0 radical (unpaired) electrons. The van der Waals surface area contributed by atoms with Crippen LogP contribution in [0.5, 0.6) is 5.75 Å². The smallest absolute Gasteiger partial charge is 0.229 e. The molecule has 1 N–H and O–H groups in total. The SMILES string of the molecule is Cc1ccc(COc2c(Cl)cc([C@@H]3CC(=O)Nc4ncnn43)cc2Cl)cc1. The summed E-state index contributed by atoms with van der Waals surface area (Å²) >= 11 is 12.9. The first-order valence-corrected chi connectivity index (χ1v) is 9.13. The third-order valence-electron chi connectivity index (χ3n) is 4.41. The molecule has 2 heterocycles. The minimum absolute atomic E-state index is 0.132. The number of carbonyl (C=O) groups is 1. The second-order valence-corrected chi connectivity index (χ2v) is 7.20. The maximum Gasteiger partial charge on any atom is 0.229 e. The predicted molar refractivity (Wildman–Crippen MR) is 103 cm³/mol. The van der Waals surface area contributed by atoms with Crippen molar-refractivity contribution in [2.45, 2.75) is 26.0 Å². The van der Waals surface area contributed by atoms with Crippen molar-refractivity contribution in [2.75, 3.05) is 5.32 Å². The number of halogens is 2. The summed E-state index contributed by atoms with van der Waals surface area (Å²) in [5, 5.41) is 7.64. The molecule has 3 aromatic rings. The van der Waals surface area contributed by atoms with Crippen LogP contribution in [0.1, 0.15) is 29.2 Å². The number of aromatic nitrogens is 3. The molecular weight excluding hydrogens is 387 g/mol. The molecule has 0 unspecified atom stereocenters. The average Bonchev–Trinajstić information content (AvgIpc) is 3.10. The fraction of sp³-hybridized carbons (Fsp3) is 0.211. The van der Waals surface area contributed by atoms with Gasteiger partial charge in [0.05, 0.1) is 22.5 Å². The van der Waals surface area contributed by atoms with E-state index < -0.39 is 0 Å². The van der Waals surface area contributed by atoms with Gasteiger partial charge in [0.1, 0.15) is 12.9 Å². The van der Waals surface area contributed by atoms with Crippen LogP contribution in [0.4, 0.5) is 5.95 Å². The predicted octanol–water partition coefficient (Wildman–Crippen LogP) is 4.40. The highest BCUT2D eigenvalue weighted by Crippen LogP contribution is 2.39. The molecule has 0 saturated heterocycles. The first-order valence-electron chi connectivity index (χ1n) is 8.38. The number of carbonyl (C=O) groups excluding carboxylic acids is 1. The number of fused-ring (bicyclic) bond motifs is 1. The summed E-state index contributed by atoms with van der Waals surface area (Å²) in [4.78, 5) is 16.0. The number of hydrogen-bond acceptors (Lipinski definition) is 4. The van der Waals surface area contributed by atoms with E-state index in [9.17, 15) is 4.79 Å². The van der Waals surface area contributed by atoms with Gasteiger partial charge in [-0.25, -0.2) is 4.68 Å². The fourth-order valence-electron chi connectivity index (χ4n) is 3.01. The quantitative estimate of drug-likeness (QED) is 0.701. The van der Waals surface area contributed by atoms with Crippen molar-refractivity contribution in [1.82, 2.24) is 14.8 Å². The molecule has 0 aliphatic carbocycles. The molecule has 1 atom stereocenters. The minimum atomic E-state index is -0.322. The first-order chi connectivity index (χ1) is 13.0. The van der Waals surface area contributed by atoms with Crippen LogP contribution in [0.15, 0.2) is 42.7 Å². The van der Waals surface area contributed by atoms with E-state index in [0.717, 1.165) is 11.1 Å². The van der Waals surface area contributed by atoms with E-state index in [1.165, 1.54) is 11.9 Å². The molecule has 6 nitrogen and oxygen atoms in total. The van der Waals surface area contributed by atoms with Gasteiger partial charge >= 0.3 is 0 Å². The zero-order valence-electron chi connectivity index (χ0n) is 14.4. The minimum Gasteiger partial charge on any atom is -0.486 e. The van der Waals surface area contributed by atoms with Crippen LogP contribution in [0.2, 0.25) is 10.0 Å². The van der Waals surface area contributed by atoms with Crippen molar-refractivity contribution < 1.29 is 9.53 Å². The van der Waals surface area contributed by atoms with Crippen molar-refractivity contribution in [3.8, 4) is 5.75 Å². The number of hydrogen-bond donors (Lipinski definition) is 1. The molecule has 1 aromatic heterocycles. The molecule has 4 rings (SSSR count). The van der Waals surface area contributed by atoms with Crippen LogP contribution < -0.4 is 10.1 Å². The molecule has 1 aliphatic rings. The molecule has 0 bridgehead atoms. The van der Waals surface area contributed by atoms with Gasteiger partial charge in [0, 0.05) is 0 Å². The van der Waals surface area contributed by atoms with Crippen LogP contribution in [0.3, 0.4) is 0 Å².